The maximum Gasteiger partial charge on any atom is 0.137 e. The molecular formula is C13H16BrIN4. The summed E-state index contributed by atoms with van der Waals surface area (Å²) < 4.78 is 6.11. The van der Waals surface area contributed by atoms with Crippen molar-refractivity contribution in [2.75, 3.05) is 0 Å². The second-order valence-electron chi connectivity index (χ2n) is 5.04. The van der Waals surface area contributed by atoms with Gasteiger partial charge in [-0.1, -0.05) is 19.3 Å². The summed E-state index contributed by atoms with van der Waals surface area (Å²) in [4.78, 5) is 0. The van der Waals surface area contributed by atoms with Crippen molar-refractivity contribution in [3.05, 3.63) is 32.3 Å². The molecule has 0 aromatic carbocycles. The van der Waals surface area contributed by atoms with Crippen LogP contribution in [0, 0.1) is 3.70 Å². The van der Waals surface area contributed by atoms with E-state index in [-0.39, 0.29) is 0 Å². The Labute approximate surface area is 134 Å². The lowest BCUT2D eigenvalue weighted by atomic mass is 9.96. The van der Waals surface area contributed by atoms with E-state index in [1.165, 1.54) is 32.1 Å². The molecule has 0 spiro atoms. The highest BCUT2D eigenvalue weighted by molar-refractivity contribution is 14.1. The summed E-state index contributed by atoms with van der Waals surface area (Å²) >= 11 is 5.70. The fourth-order valence-electron chi connectivity index (χ4n) is 2.63. The van der Waals surface area contributed by atoms with Crippen molar-refractivity contribution in [3.63, 3.8) is 0 Å². The van der Waals surface area contributed by atoms with Gasteiger partial charge in [-0.25, -0.2) is 0 Å². The molecule has 1 fully saturated rings. The van der Waals surface area contributed by atoms with Crippen molar-refractivity contribution in [3.8, 4) is 0 Å². The molecule has 0 radical (unpaired) electrons. The first-order valence-corrected chi connectivity index (χ1v) is 8.52. The molecule has 2 aromatic rings. The van der Waals surface area contributed by atoms with Crippen LogP contribution >= 0.6 is 38.5 Å². The number of nitrogens with zero attached hydrogens (tertiary/aromatic N) is 4. The van der Waals surface area contributed by atoms with Crippen molar-refractivity contribution in [2.24, 2.45) is 0 Å². The van der Waals surface area contributed by atoms with Gasteiger partial charge in [-0.05, 0) is 57.4 Å². The lowest BCUT2D eigenvalue weighted by Crippen LogP contribution is -2.13. The number of rotatable bonds is 3. The van der Waals surface area contributed by atoms with E-state index in [1.54, 1.807) is 0 Å². The van der Waals surface area contributed by atoms with Crippen LogP contribution in [0.1, 0.15) is 43.8 Å². The fraction of sp³-hybridized carbons (Fsp3) is 0.538. The van der Waals surface area contributed by atoms with Gasteiger partial charge in [-0.15, -0.1) is 0 Å². The van der Waals surface area contributed by atoms with E-state index in [0.29, 0.717) is 6.04 Å². The Morgan fingerprint density at radius 3 is 2.74 bits per heavy atom. The van der Waals surface area contributed by atoms with E-state index in [0.717, 1.165) is 20.4 Å². The van der Waals surface area contributed by atoms with Gasteiger partial charge in [0.25, 0.3) is 0 Å². The van der Waals surface area contributed by atoms with E-state index in [1.807, 2.05) is 10.9 Å². The van der Waals surface area contributed by atoms with Crippen molar-refractivity contribution in [1.82, 2.24) is 19.6 Å². The predicted molar refractivity (Wildman–Crippen MR) is 86.1 cm³/mol. The Morgan fingerprint density at radius 2 is 2.05 bits per heavy atom. The summed E-state index contributed by atoms with van der Waals surface area (Å²) in [6.07, 6.45) is 10.7. The molecule has 6 heteroatoms. The minimum absolute atomic E-state index is 0.604. The molecule has 0 N–H and O–H groups in total. The van der Waals surface area contributed by atoms with Crippen molar-refractivity contribution in [1.29, 1.82) is 0 Å². The summed E-state index contributed by atoms with van der Waals surface area (Å²) in [6.45, 7) is 0.737. The summed E-state index contributed by atoms with van der Waals surface area (Å²) in [5.41, 5.74) is 1.08. The van der Waals surface area contributed by atoms with Crippen molar-refractivity contribution >= 4 is 38.5 Å². The largest absolute Gasteiger partial charge is 0.269 e. The van der Waals surface area contributed by atoms with E-state index in [9.17, 15) is 0 Å². The highest BCUT2D eigenvalue weighted by Crippen LogP contribution is 2.27. The molecule has 0 amide bonds. The minimum Gasteiger partial charge on any atom is -0.269 e. The maximum absolute atomic E-state index is 4.71. The van der Waals surface area contributed by atoms with Gasteiger partial charge in [-0.2, -0.15) is 10.2 Å². The van der Waals surface area contributed by atoms with E-state index in [2.05, 4.69) is 60.6 Å². The van der Waals surface area contributed by atoms with Crippen LogP contribution in [0.2, 0.25) is 0 Å². The van der Waals surface area contributed by atoms with Crippen molar-refractivity contribution < 1.29 is 0 Å². The second kappa shape index (κ2) is 5.95. The molecule has 1 aliphatic carbocycles. The predicted octanol–water partition coefficient (Wildman–Crippen LogP) is 4.00. The van der Waals surface area contributed by atoms with Crippen LogP contribution in [0.25, 0.3) is 0 Å². The molecule has 0 saturated heterocycles. The molecule has 0 atom stereocenters. The first kappa shape index (κ1) is 13.6. The van der Waals surface area contributed by atoms with Crippen LogP contribution in [0.4, 0.5) is 0 Å². The molecule has 0 bridgehead atoms. The quantitative estimate of drug-likeness (QED) is 0.684. The molecule has 2 aromatic heterocycles. The Kier molecular flexibility index (Phi) is 4.26. The minimum atomic E-state index is 0.604. The molecule has 0 unspecified atom stereocenters. The zero-order chi connectivity index (χ0) is 13.2. The Hall–Kier alpha value is -0.370. The summed E-state index contributed by atoms with van der Waals surface area (Å²) in [6, 6.07) is 2.71. The van der Waals surface area contributed by atoms with Crippen LogP contribution in [0.15, 0.2) is 22.9 Å². The van der Waals surface area contributed by atoms with Crippen LogP contribution in [0.3, 0.4) is 0 Å². The van der Waals surface area contributed by atoms with E-state index in [4.69, 9.17) is 5.10 Å². The van der Waals surface area contributed by atoms with Crippen LogP contribution in [0.5, 0.6) is 0 Å². The molecule has 1 aliphatic rings. The lowest BCUT2D eigenvalue weighted by molar-refractivity contribution is 0.327. The topological polar surface area (TPSA) is 35.6 Å². The Morgan fingerprint density at radius 1 is 1.26 bits per heavy atom. The highest BCUT2D eigenvalue weighted by Gasteiger charge is 2.16. The normalized spacial score (nSPS) is 16.9. The number of hydrogen-bond donors (Lipinski definition) is 0. The Balaban J connectivity index is 1.70. The number of halogens is 2. The first-order chi connectivity index (χ1) is 9.22. The molecule has 4 nitrogen and oxygen atoms in total. The molecule has 0 aliphatic heterocycles. The van der Waals surface area contributed by atoms with E-state index >= 15 is 0 Å². The standard InChI is InChI=1S/C13H16BrIN4/c14-12-9-18(17-13(12)15)8-10-6-7-19(16-10)11-4-2-1-3-5-11/h6-7,9,11H,1-5,8H2. The van der Waals surface area contributed by atoms with Gasteiger partial charge in [0, 0.05) is 12.4 Å². The van der Waals surface area contributed by atoms with Crippen molar-refractivity contribution in [2.45, 2.75) is 44.7 Å². The maximum atomic E-state index is 4.71. The van der Waals surface area contributed by atoms with Gasteiger partial charge < -0.3 is 0 Å². The van der Waals surface area contributed by atoms with Gasteiger partial charge in [-0.3, -0.25) is 9.36 Å². The zero-order valence-electron chi connectivity index (χ0n) is 10.6. The number of hydrogen-bond acceptors (Lipinski definition) is 2. The SMILES string of the molecule is Brc1cn(Cc2ccn(C3CCCCC3)n2)nc1I. The van der Waals surface area contributed by atoms with Gasteiger partial charge >= 0.3 is 0 Å². The molecule has 102 valence electrons. The van der Waals surface area contributed by atoms with Gasteiger partial charge in [0.1, 0.15) is 3.70 Å². The molecule has 19 heavy (non-hydrogen) atoms. The smallest absolute Gasteiger partial charge is 0.137 e. The van der Waals surface area contributed by atoms with Crippen LogP contribution in [-0.4, -0.2) is 19.6 Å². The molecule has 3 rings (SSSR count). The Bertz CT molecular complexity index is 537. The molecule has 2 heterocycles. The van der Waals surface area contributed by atoms with Gasteiger partial charge in [0.2, 0.25) is 0 Å². The highest BCUT2D eigenvalue weighted by atomic mass is 127. The summed E-state index contributed by atoms with van der Waals surface area (Å²) in [5.74, 6) is 0. The average molecular weight is 435 g/mol. The lowest BCUT2D eigenvalue weighted by Gasteiger charge is -2.21. The third-order valence-electron chi connectivity index (χ3n) is 3.61. The van der Waals surface area contributed by atoms with E-state index < -0.39 is 0 Å². The second-order valence-corrected chi connectivity index (χ2v) is 6.92. The van der Waals surface area contributed by atoms with Gasteiger partial charge in [0.15, 0.2) is 0 Å². The first-order valence-electron chi connectivity index (χ1n) is 6.65. The monoisotopic (exact) mass is 434 g/mol. The molecular weight excluding hydrogens is 419 g/mol. The summed E-state index contributed by atoms with van der Waals surface area (Å²) in [5, 5.41) is 9.14. The summed E-state index contributed by atoms with van der Waals surface area (Å²) in [7, 11) is 0. The van der Waals surface area contributed by atoms with Crippen LogP contribution in [-0.2, 0) is 6.54 Å². The number of aromatic nitrogens is 4. The fourth-order valence-corrected chi connectivity index (χ4v) is 3.36. The average Bonchev–Trinajstić information content (AvgIpc) is 2.99. The molecule has 1 saturated carbocycles. The third kappa shape index (κ3) is 3.21. The third-order valence-corrected chi connectivity index (χ3v) is 5.73. The van der Waals surface area contributed by atoms with Crippen LogP contribution < -0.4 is 0 Å². The zero-order valence-corrected chi connectivity index (χ0v) is 14.3. The van der Waals surface area contributed by atoms with Gasteiger partial charge in [0.05, 0.1) is 22.8 Å².